The maximum Gasteiger partial charge on any atom is 0.282 e. The summed E-state index contributed by atoms with van der Waals surface area (Å²) in [7, 11) is 1.64. The van der Waals surface area contributed by atoms with Crippen LogP contribution in [0.2, 0.25) is 0 Å². The maximum absolute atomic E-state index is 12.0. The molecule has 7 heteroatoms. The fraction of sp³-hybridized carbons (Fsp3) is 0.429. The fourth-order valence-corrected chi connectivity index (χ4v) is 3.05. The van der Waals surface area contributed by atoms with Crippen LogP contribution >= 0.6 is 15.9 Å². The summed E-state index contributed by atoms with van der Waals surface area (Å²) in [4.78, 5) is 23.1. The first-order valence-electron chi connectivity index (χ1n) is 6.90. The minimum Gasteiger partial charge on any atom is -0.363 e. The smallest absolute Gasteiger partial charge is 0.282 e. The molecule has 0 unspecified atom stereocenters. The summed E-state index contributed by atoms with van der Waals surface area (Å²) in [5, 5.41) is 4.10. The Kier molecular flexibility index (Phi) is 3.75. The molecule has 2 aromatic heterocycles. The van der Waals surface area contributed by atoms with Gasteiger partial charge >= 0.3 is 0 Å². The summed E-state index contributed by atoms with van der Waals surface area (Å²) in [5.74, 6) is 0.858. The molecule has 0 aliphatic carbocycles. The third-order valence-corrected chi connectivity index (χ3v) is 4.46. The highest BCUT2D eigenvalue weighted by atomic mass is 79.9. The zero-order chi connectivity index (χ0) is 15.0. The number of hydrogen-bond donors (Lipinski definition) is 0. The molecule has 3 rings (SSSR count). The van der Waals surface area contributed by atoms with Crippen LogP contribution in [0.4, 0.5) is 5.69 Å². The van der Waals surface area contributed by atoms with Crippen molar-refractivity contribution in [2.45, 2.75) is 26.3 Å². The number of anilines is 1. The van der Waals surface area contributed by atoms with Gasteiger partial charge in [-0.2, -0.15) is 5.10 Å². The third kappa shape index (κ3) is 2.57. The number of nitrogens with zero attached hydrogens (tertiary/aromatic N) is 5. The quantitative estimate of drug-likeness (QED) is 0.821. The standard InChI is InChI=1S/C14H16BrN5O/c1-3-12-16-6-9-4-5-20(8-10(9)18-12)11-7-17-19(2)14(21)13(11)15/h6-7H,3-5,8H2,1-2H3. The largest absolute Gasteiger partial charge is 0.363 e. The van der Waals surface area contributed by atoms with Crippen molar-refractivity contribution in [3.8, 4) is 0 Å². The summed E-state index contributed by atoms with van der Waals surface area (Å²) in [6.07, 6.45) is 5.35. The SMILES string of the molecule is CCc1ncc2c(n1)CN(c1cnn(C)c(=O)c1Br)CC2. The fourth-order valence-electron chi connectivity index (χ4n) is 2.44. The van der Waals surface area contributed by atoms with E-state index in [0.717, 1.165) is 36.6 Å². The average molecular weight is 350 g/mol. The first-order chi connectivity index (χ1) is 10.1. The van der Waals surface area contributed by atoms with Gasteiger partial charge < -0.3 is 4.90 Å². The molecular formula is C14H16BrN5O. The van der Waals surface area contributed by atoms with Gasteiger partial charge in [0.2, 0.25) is 0 Å². The number of fused-ring (bicyclic) bond motifs is 1. The van der Waals surface area contributed by atoms with Crippen LogP contribution in [0.5, 0.6) is 0 Å². The van der Waals surface area contributed by atoms with Crippen molar-refractivity contribution in [2.24, 2.45) is 7.05 Å². The third-order valence-electron chi connectivity index (χ3n) is 3.71. The zero-order valence-corrected chi connectivity index (χ0v) is 13.6. The van der Waals surface area contributed by atoms with E-state index in [1.165, 1.54) is 10.2 Å². The average Bonchev–Trinajstić information content (AvgIpc) is 2.51. The van der Waals surface area contributed by atoms with E-state index < -0.39 is 0 Å². The van der Waals surface area contributed by atoms with Gasteiger partial charge in [-0.05, 0) is 27.9 Å². The lowest BCUT2D eigenvalue weighted by Crippen LogP contribution is -2.34. The molecule has 0 radical (unpaired) electrons. The highest BCUT2D eigenvalue weighted by molar-refractivity contribution is 9.10. The maximum atomic E-state index is 12.0. The zero-order valence-electron chi connectivity index (χ0n) is 12.0. The van der Waals surface area contributed by atoms with Crippen molar-refractivity contribution < 1.29 is 0 Å². The number of aryl methyl sites for hydroxylation is 2. The molecule has 0 fully saturated rings. The van der Waals surface area contributed by atoms with Crippen LogP contribution < -0.4 is 10.5 Å². The molecule has 3 heterocycles. The molecule has 0 N–H and O–H groups in total. The van der Waals surface area contributed by atoms with E-state index in [1.54, 1.807) is 13.2 Å². The summed E-state index contributed by atoms with van der Waals surface area (Å²) < 4.78 is 1.87. The second-order valence-electron chi connectivity index (χ2n) is 5.06. The van der Waals surface area contributed by atoms with Gasteiger partial charge in [-0.25, -0.2) is 14.6 Å². The van der Waals surface area contributed by atoms with E-state index in [2.05, 4.69) is 35.9 Å². The van der Waals surface area contributed by atoms with E-state index >= 15 is 0 Å². The molecule has 6 nitrogen and oxygen atoms in total. The van der Waals surface area contributed by atoms with Crippen molar-refractivity contribution in [3.63, 3.8) is 0 Å². The number of hydrogen-bond acceptors (Lipinski definition) is 5. The van der Waals surface area contributed by atoms with Crippen LogP contribution in [-0.4, -0.2) is 26.3 Å². The van der Waals surface area contributed by atoms with Gasteiger partial charge in [0.1, 0.15) is 10.3 Å². The van der Waals surface area contributed by atoms with Crippen LogP contribution in [-0.2, 0) is 26.4 Å². The Morgan fingerprint density at radius 1 is 1.38 bits per heavy atom. The number of aromatic nitrogens is 4. The van der Waals surface area contributed by atoms with Gasteiger partial charge in [0, 0.05) is 26.2 Å². The van der Waals surface area contributed by atoms with Gasteiger partial charge in [0.25, 0.3) is 5.56 Å². The Labute approximate surface area is 131 Å². The molecule has 1 aliphatic rings. The van der Waals surface area contributed by atoms with Crippen molar-refractivity contribution in [3.05, 3.63) is 44.3 Å². The molecule has 0 aromatic carbocycles. The first-order valence-corrected chi connectivity index (χ1v) is 7.70. The van der Waals surface area contributed by atoms with Gasteiger partial charge in [0.05, 0.1) is 24.1 Å². The lowest BCUT2D eigenvalue weighted by molar-refractivity contribution is 0.666. The summed E-state index contributed by atoms with van der Waals surface area (Å²) in [6.45, 7) is 3.55. The molecule has 0 atom stereocenters. The molecule has 2 aromatic rings. The van der Waals surface area contributed by atoms with E-state index in [0.29, 0.717) is 11.0 Å². The van der Waals surface area contributed by atoms with Crippen molar-refractivity contribution in [1.82, 2.24) is 19.7 Å². The Morgan fingerprint density at radius 3 is 2.95 bits per heavy atom. The Bertz CT molecular complexity index is 743. The highest BCUT2D eigenvalue weighted by Crippen LogP contribution is 2.26. The molecular weight excluding hydrogens is 334 g/mol. The van der Waals surface area contributed by atoms with Gasteiger partial charge in [0.15, 0.2) is 0 Å². The monoisotopic (exact) mass is 349 g/mol. The molecule has 110 valence electrons. The first kappa shape index (κ1) is 14.2. The van der Waals surface area contributed by atoms with Crippen molar-refractivity contribution in [1.29, 1.82) is 0 Å². The normalized spacial score (nSPS) is 14.1. The Morgan fingerprint density at radius 2 is 2.19 bits per heavy atom. The lowest BCUT2D eigenvalue weighted by atomic mass is 10.1. The van der Waals surface area contributed by atoms with Crippen LogP contribution in [0.25, 0.3) is 0 Å². The van der Waals surface area contributed by atoms with Crippen molar-refractivity contribution >= 4 is 21.6 Å². The molecule has 0 spiro atoms. The second kappa shape index (κ2) is 5.55. The van der Waals surface area contributed by atoms with E-state index in [9.17, 15) is 4.79 Å². The van der Waals surface area contributed by atoms with Gasteiger partial charge in [-0.1, -0.05) is 6.92 Å². The molecule has 0 saturated heterocycles. The molecule has 21 heavy (non-hydrogen) atoms. The second-order valence-corrected chi connectivity index (χ2v) is 5.85. The highest BCUT2D eigenvalue weighted by Gasteiger charge is 2.21. The minimum absolute atomic E-state index is 0.129. The molecule has 0 bridgehead atoms. The van der Waals surface area contributed by atoms with Gasteiger partial charge in [-0.3, -0.25) is 4.79 Å². The predicted molar refractivity (Wildman–Crippen MR) is 83.3 cm³/mol. The molecule has 1 aliphatic heterocycles. The van der Waals surface area contributed by atoms with Crippen LogP contribution in [0.1, 0.15) is 24.0 Å². The molecule has 0 amide bonds. The summed E-state index contributed by atoms with van der Waals surface area (Å²) >= 11 is 3.39. The predicted octanol–water partition coefficient (Wildman–Crippen LogP) is 1.46. The van der Waals surface area contributed by atoms with Crippen LogP contribution in [0, 0.1) is 0 Å². The topological polar surface area (TPSA) is 63.9 Å². The molecule has 0 saturated carbocycles. The number of rotatable bonds is 2. The minimum atomic E-state index is -0.129. The number of halogens is 1. The Balaban J connectivity index is 1.96. The van der Waals surface area contributed by atoms with E-state index in [1.807, 2.05) is 13.1 Å². The van der Waals surface area contributed by atoms with Crippen LogP contribution in [0.3, 0.4) is 0 Å². The Hall–Kier alpha value is -1.76. The van der Waals surface area contributed by atoms with Crippen molar-refractivity contribution in [2.75, 3.05) is 11.4 Å². The van der Waals surface area contributed by atoms with Crippen LogP contribution in [0.15, 0.2) is 21.7 Å². The summed E-state index contributed by atoms with van der Waals surface area (Å²) in [6, 6.07) is 0. The summed E-state index contributed by atoms with van der Waals surface area (Å²) in [5.41, 5.74) is 2.92. The van der Waals surface area contributed by atoms with Gasteiger partial charge in [-0.15, -0.1) is 0 Å². The lowest BCUT2D eigenvalue weighted by Gasteiger charge is -2.30. The van der Waals surface area contributed by atoms with E-state index in [-0.39, 0.29) is 5.56 Å². The van der Waals surface area contributed by atoms with E-state index in [4.69, 9.17) is 0 Å².